The van der Waals surface area contributed by atoms with Crippen LogP contribution in [0.1, 0.15) is 20.3 Å². The normalized spacial score (nSPS) is 11.7. The molecular weight excluding hydrogens is 128 g/mol. The summed E-state index contributed by atoms with van der Waals surface area (Å²) in [5.41, 5.74) is 0. The Hall–Kier alpha value is -1.10. The molecule has 54 valence electrons. The molecule has 0 aromatic rings. The lowest BCUT2D eigenvalue weighted by Crippen LogP contribution is -2.11. The van der Waals surface area contributed by atoms with Crippen LogP contribution in [-0.2, 0) is 9.59 Å². The molecule has 0 bridgehead atoms. The summed E-state index contributed by atoms with van der Waals surface area (Å²) in [5.74, 6) is 1.36. The summed E-state index contributed by atoms with van der Waals surface area (Å²) in [5, 5.41) is 0. The van der Waals surface area contributed by atoms with E-state index in [9.17, 15) is 9.59 Å². The Morgan fingerprint density at radius 1 is 1.60 bits per heavy atom. The fourth-order valence-electron chi connectivity index (χ4n) is 0.666. The molecule has 0 amide bonds. The standard InChI is InChI=1S/C8H10O2/c1-4-8(10)6(2)5-7(3)9/h1,6H,5H2,2-3H3. The molecule has 0 saturated carbocycles. The molecule has 1 unspecified atom stereocenters. The summed E-state index contributed by atoms with van der Waals surface area (Å²) in [6.45, 7) is 3.10. The van der Waals surface area contributed by atoms with Gasteiger partial charge < -0.3 is 4.79 Å². The Kier molecular flexibility index (Phi) is 3.42. The van der Waals surface area contributed by atoms with E-state index in [1.54, 1.807) is 6.92 Å². The van der Waals surface area contributed by atoms with E-state index in [4.69, 9.17) is 6.42 Å². The molecular formula is C8H10O2. The molecule has 0 fully saturated rings. The highest BCUT2D eigenvalue weighted by molar-refractivity contribution is 5.98. The van der Waals surface area contributed by atoms with Crippen LogP contribution < -0.4 is 0 Å². The lowest BCUT2D eigenvalue weighted by molar-refractivity contribution is -0.123. The van der Waals surface area contributed by atoms with Crippen LogP contribution in [0.2, 0.25) is 0 Å². The van der Waals surface area contributed by atoms with Gasteiger partial charge in [-0.1, -0.05) is 6.92 Å². The Balaban J connectivity index is 3.88. The van der Waals surface area contributed by atoms with Crippen molar-refractivity contribution in [1.29, 1.82) is 0 Å². The van der Waals surface area contributed by atoms with E-state index in [2.05, 4.69) is 0 Å². The Bertz CT molecular complexity index is 186. The van der Waals surface area contributed by atoms with Crippen molar-refractivity contribution in [2.45, 2.75) is 20.3 Å². The van der Waals surface area contributed by atoms with Gasteiger partial charge >= 0.3 is 0 Å². The second kappa shape index (κ2) is 3.84. The smallest absolute Gasteiger partial charge is 0.208 e. The molecule has 2 heteroatoms. The molecule has 0 spiro atoms. The molecule has 0 aliphatic rings. The Morgan fingerprint density at radius 2 is 2.10 bits per heavy atom. The Labute approximate surface area is 60.6 Å². The number of carbonyl (C=O) groups excluding carboxylic acids is 2. The molecule has 0 radical (unpaired) electrons. The number of Topliss-reactive ketones (excluding diaryl/α,β-unsaturated/α-hetero) is 2. The molecule has 0 rings (SSSR count). The quantitative estimate of drug-likeness (QED) is 0.427. The van der Waals surface area contributed by atoms with Crippen molar-refractivity contribution in [2.24, 2.45) is 5.92 Å². The maximum Gasteiger partial charge on any atom is 0.208 e. The minimum atomic E-state index is -0.317. The van der Waals surface area contributed by atoms with Gasteiger partial charge in [0.25, 0.3) is 0 Å². The molecule has 0 heterocycles. The number of hydrogen-bond acceptors (Lipinski definition) is 2. The first kappa shape index (κ1) is 8.90. The zero-order chi connectivity index (χ0) is 8.15. The van der Waals surface area contributed by atoms with E-state index in [1.807, 2.05) is 5.92 Å². The van der Waals surface area contributed by atoms with Crippen molar-refractivity contribution >= 4 is 11.6 Å². The summed E-state index contributed by atoms with van der Waals surface area (Å²) in [4.78, 5) is 21.1. The summed E-state index contributed by atoms with van der Waals surface area (Å²) < 4.78 is 0. The van der Waals surface area contributed by atoms with Gasteiger partial charge in [-0.05, 0) is 12.8 Å². The molecule has 0 aromatic heterocycles. The van der Waals surface area contributed by atoms with Gasteiger partial charge in [0, 0.05) is 12.3 Å². The van der Waals surface area contributed by atoms with Gasteiger partial charge in [-0.25, -0.2) is 0 Å². The zero-order valence-corrected chi connectivity index (χ0v) is 6.18. The largest absolute Gasteiger partial charge is 0.300 e. The summed E-state index contributed by atoms with van der Waals surface area (Å²) in [6, 6.07) is 0. The second-order valence-electron chi connectivity index (χ2n) is 2.32. The van der Waals surface area contributed by atoms with Gasteiger partial charge in [0.05, 0.1) is 0 Å². The van der Waals surface area contributed by atoms with Crippen LogP contribution in [0.3, 0.4) is 0 Å². The molecule has 0 N–H and O–H groups in total. The number of carbonyl (C=O) groups is 2. The first-order valence-electron chi connectivity index (χ1n) is 3.07. The summed E-state index contributed by atoms with van der Waals surface area (Å²) >= 11 is 0. The van der Waals surface area contributed by atoms with E-state index < -0.39 is 0 Å². The lowest BCUT2D eigenvalue weighted by Gasteiger charge is -2.00. The van der Waals surface area contributed by atoms with Crippen molar-refractivity contribution in [1.82, 2.24) is 0 Å². The van der Waals surface area contributed by atoms with Crippen molar-refractivity contribution < 1.29 is 9.59 Å². The topological polar surface area (TPSA) is 34.1 Å². The molecule has 0 aromatic carbocycles. The van der Waals surface area contributed by atoms with Gasteiger partial charge in [0.15, 0.2) is 0 Å². The lowest BCUT2D eigenvalue weighted by atomic mass is 10.0. The predicted octanol–water partition coefficient (Wildman–Crippen LogP) is 0.804. The Morgan fingerprint density at radius 3 is 2.40 bits per heavy atom. The fourth-order valence-corrected chi connectivity index (χ4v) is 0.666. The average molecular weight is 138 g/mol. The van der Waals surface area contributed by atoms with Crippen LogP contribution in [0.4, 0.5) is 0 Å². The van der Waals surface area contributed by atoms with Crippen molar-refractivity contribution in [3.05, 3.63) is 0 Å². The number of ketones is 2. The molecule has 10 heavy (non-hydrogen) atoms. The molecule has 1 atom stereocenters. The van der Waals surface area contributed by atoms with Crippen molar-refractivity contribution in [2.75, 3.05) is 0 Å². The van der Waals surface area contributed by atoms with Crippen molar-refractivity contribution in [3.63, 3.8) is 0 Å². The number of rotatable bonds is 3. The third kappa shape index (κ3) is 3.03. The third-order valence-electron chi connectivity index (χ3n) is 1.18. The van der Waals surface area contributed by atoms with Crippen LogP contribution >= 0.6 is 0 Å². The number of terminal acetylenes is 1. The van der Waals surface area contributed by atoms with E-state index in [0.717, 1.165) is 0 Å². The van der Waals surface area contributed by atoms with Gasteiger partial charge in [-0.3, -0.25) is 4.79 Å². The minimum Gasteiger partial charge on any atom is -0.300 e. The third-order valence-corrected chi connectivity index (χ3v) is 1.18. The zero-order valence-electron chi connectivity index (χ0n) is 6.18. The van der Waals surface area contributed by atoms with E-state index in [0.29, 0.717) is 0 Å². The van der Waals surface area contributed by atoms with Crippen LogP contribution in [-0.4, -0.2) is 11.6 Å². The van der Waals surface area contributed by atoms with Crippen LogP contribution in [0.15, 0.2) is 0 Å². The van der Waals surface area contributed by atoms with Crippen molar-refractivity contribution in [3.8, 4) is 12.3 Å². The highest BCUT2D eigenvalue weighted by Crippen LogP contribution is 2.02. The fraction of sp³-hybridized carbons (Fsp3) is 0.500. The SMILES string of the molecule is C#CC(=O)C(C)CC(C)=O. The predicted molar refractivity (Wildman–Crippen MR) is 38.3 cm³/mol. The number of hydrogen-bond donors (Lipinski definition) is 0. The van der Waals surface area contributed by atoms with Crippen LogP contribution in [0.25, 0.3) is 0 Å². The highest BCUT2D eigenvalue weighted by Gasteiger charge is 2.11. The van der Waals surface area contributed by atoms with Gasteiger partial charge in [0.1, 0.15) is 5.78 Å². The van der Waals surface area contributed by atoms with Gasteiger partial charge in [-0.2, -0.15) is 0 Å². The van der Waals surface area contributed by atoms with Gasteiger partial charge in [-0.15, -0.1) is 6.42 Å². The first-order valence-corrected chi connectivity index (χ1v) is 3.07. The second-order valence-corrected chi connectivity index (χ2v) is 2.32. The summed E-state index contributed by atoms with van der Waals surface area (Å²) in [7, 11) is 0. The molecule has 2 nitrogen and oxygen atoms in total. The molecule has 0 saturated heterocycles. The minimum absolute atomic E-state index is 0.00361. The van der Waals surface area contributed by atoms with Gasteiger partial charge in [0.2, 0.25) is 5.78 Å². The molecule has 0 aliphatic heterocycles. The molecule has 0 aliphatic carbocycles. The summed E-state index contributed by atoms with van der Waals surface area (Å²) in [6.07, 6.45) is 5.09. The maximum atomic E-state index is 10.7. The maximum absolute atomic E-state index is 10.7. The monoisotopic (exact) mass is 138 g/mol. The van der Waals surface area contributed by atoms with E-state index in [1.165, 1.54) is 6.92 Å². The van der Waals surface area contributed by atoms with E-state index in [-0.39, 0.29) is 23.9 Å². The average Bonchev–Trinajstić information content (AvgIpc) is 1.85. The highest BCUT2D eigenvalue weighted by atomic mass is 16.1. The first-order chi connectivity index (χ1) is 4.57. The van der Waals surface area contributed by atoms with Crippen LogP contribution in [0, 0.1) is 18.3 Å². The van der Waals surface area contributed by atoms with Crippen LogP contribution in [0.5, 0.6) is 0 Å². The van der Waals surface area contributed by atoms with E-state index >= 15 is 0 Å².